The summed E-state index contributed by atoms with van der Waals surface area (Å²) in [5, 5.41) is 17.4. The topological polar surface area (TPSA) is 77.8 Å². The lowest BCUT2D eigenvalue weighted by Gasteiger charge is -2.20. The Morgan fingerprint density at radius 1 is 1.04 bits per heavy atom. The van der Waals surface area contributed by atoms with E-state index >= 15 is 0 Å². The van der Waals surface area contributed by atoms with E-state index in [0.29, 0.717) is 18.5 Å². The maximum atomic E-state index is 13.1. The van der Waals surface area contributed by atoms with Gasteiger partial charge in [0.15, 0.2) is 0 Å². The maximum Gasteiger partial charge on any atom is 0.244 e. The number of rotatable bonds is 4. The number of benzene rings is 2. The molecule has 1 saturated carbocycles. The minimum atomic E-state index is -0.945. The summed E-state index contributed by atoms with van der Waals surface area (Å²) in [6, 6.07) is 13.8. The first-order chi connectivity index (χ1) is 13.6. The standard InChI is InChI=1S/C22H19FN4O/c23-15-3-5-16(6-4-15)26-19-7-8-20(18-13-25-12-9-17(18)19)27-21(28)22(14-24)10-1-2-11-22/h3-9,12-13,26H,1-2,10-11H2,(H,27,28). The molecular weight excluding hydrogens is 355 g/mol. The Hall–Kier alpha value is -3.46. The summed E-state index contributed by atoms with van der Waals surface area (Å²) in [6.45, 7) is 0. The van der Waals surface area contributed by atoms with Gasteiger partial charge in [-0.2, -0.15) is 5.26 Å². The van der Waals surface area contributed by atoms with Gasteiger partial charge < -0.3 is 10.6 Å². The van der Waals surface area contributed by atoms with Crippen molar-refractivity contribution in [3.63, 3.8) is 0 Å². The van der Waals surface area contributed by atoms with Crippen molar-refractivity contribution in [3.8, 4) is 6.07 Å². The molecular formula is C22H19FN4O. The van der Waals surface area contributed by atoms with Gasteiger partial charge in [0.1, 0.15) is 11.2 Å². The zero-order chi connectivity index (χ0) is 19.6. The average Bonchev–Trinajstić information content (AvgIpc) is 3.22. The first-order valence-electron chi connectivity index (χ1n) is 9.23. The van der Waals surface area contributed by atoms with E-state index in [-0.39, 0.29) is 11.7 Å². The Morgan fingerprint density at radius 3 is 2.46 bits per heavy atom. The van der Waals surface area contributed by atoms with Crippen molar-refractivity contribution in [1.29, 1.82) is 5.26 Å². The van der Waals surface area contributed by atoms with Crippen LogP contribution >= 0.6 is 0 Å². The number of aromatic nitrogens is 1. The zero-order valence-electron chi connectivity index (χ0n) is 15.2. The lowest BCUT2D eigenvalue weighted by atomic mass is 9.87. The summed E-state index contributed by atoms with van der Waals surface area (Å²) < 4.78 is 13.1. The van der Waals surface area contributed by atoms with Gasteiger partial charge >= 0.3 is 0 Å². The van der Waals surface area contributed by atoms with Crippen molar-refractivity contribution in [2.45, 2.75) is 25.7 Å². The number of anilines is 3. The fourth-order valence-electron chi connectivity index (χ4n) is 3.71. The Kier molecular flexibility index (Phi) is 4.66. The largest absolute Gasteiger partial charge is 0.355 e. The van der Waals surface area contributed by atoms with Gasteiger partial charge in [0.05, 0.1) is 11.8 Å². The van der Waals surface area contributed by atoms with Crippen LogP contribution in [0.3, 0.4) is 0 Å². The predicted molar refractivity (Wildman–Crippen MR) is 107 cm³/mol. The molecule has 0 aliphatic heterocycles. The molecule has 1 aromatic heterocycles. The van der Waals surface area contributed by atoms with Crippen LogP contribution in [0.25, 0.3) is 10.8 Å². The Morgan fingerprint density at radius 2 is 1.75 bits per heavy atom. The highest BCUT2D eigenvalue weighted by molar-refractivity contribution is 6.08. The van der Waals surface area contributed by atoms with Gasteiger partial charge in [0, 0.05) is 34.5 Å². The van der Waals surface area contributed by atoms with E-state index in [4.69, 9.17) is 0 Å². The fraction of sp³-hybridized carbons (Fsp3) is 0.227. The molecule has 1 aliphatic carbocycles. The molecule has 2 aromatic carbocycles. The molecule has 6 heteroatoms. The molecule has 5 nitrogen and oxygen atoms in total. The van der Waals surface area contributed by atoms with Crippen LogP contribution in [-0.2, 0) is 4.79 Å². The molecule has 0 bridgehead atoms. The van der Waals surface area contributed by atoms with Crippen molar-refractivity contribution in [1.82, 2.24) is 4.98 Å². The van der Waals surface area contributed by atoms with Gasteiger partial charge in [0.25, 0.3) is 0 Å². The van der Waals surface area contributed by atoms with E-state index in [1.54, 1.807) is 30.6 Å². The summed E-state index contributed by atoms with van der Waals surface area (Å²) in [7, 11) is 0. The number of nitrogens with zero attached hydrogens (tertiary/aromatic N) is 2. The quantitative estimate of drug-likeness (QED) is 0.663. The third-order valence-corrected chi connectivity index (χ3v) is 5.30. The fourth-order valence-corrected chi connectivity index (χ4v) is 3.71. The minimum absolute atomic E-state index is 0.253. The van der Waals surface area contributed by atoms with Crippen LogP contribution in [0, 0.1) is 22.6 Å². The molecule has 0 spiro atoms. The van der Waals surface area contributed by atoms with Crippen LogP contribution in [-0.4, -0.2) is 10.9 Å². The normalized spacial score (nSPS) is 15.1. The average molecular weight is 374 g/mol. The number of halogens is 1. The van der Waals surface area contributed by atoms with E-state index < -0.39 is 5.41 Å². The lowest BCUT2D eigenvalue weighted by molar-refractivity contribution is -0.122. The molecule has 4 rings (SSSR count). The highest BCUT2D eigenvalue weighted by atomic mass is 19.1. The predicted octanol–water partition coefficient (Wildman–Crippen LogP) is 5.14. The second-order valence-corrected chi connectivity index (χ2v) is 7.07. The third kappa shape index (κ3) is 3.27. The van der Waals surface area contributed by atoms with Crippen LogP contribution in [0.5, 0.6) is 0 Å². The number of carbonyl (C=O) groups excluding carboxylic acids is 1. The highest BCUT2D eigenvalue weighted by Crippen LogP contribution is 2.39. The zero-order valence-corrected chi connectivity index (χ0v) is 15.2. The lowest BCUT2D eigenvalue weighted by Crippen LogP contribution is -2.32. The molecule has 2 N–H and O–H groups in total. The van der Waals surface area contributed by atoms with Crippen LogP contribution in [0.15, 0.2) is 54.9 Å². The third-order valence-electron chi connectivity index (χ3n) is 5.30. The first-order valence-corrected chi connectivity index (χ1v) is 9.23. The van der Waals surface area contributed by atoms with E-state index in [2.05, 4.69) is 21.7 Å². The Balaban J connectivity index is 1.67. The molecule has 0 unspecified atom stereocenters. The Labute approximate surface area is 162 Å². The van der Waals surface area contributed by atoms with Crippen LogP contribution in [0.4, 0.5) is 21.5 Å². The van der Waals surface area contributed by atoms with E-state index in [0.717, 1.165) is 35.0 Å². The molecule has 1 aliphatic rings. The molecule has 0 radical (unpaired) electrons. The minimum Gasteiger partial charge on any atom is -0.355 e. The molecule has 28 heavy (non-hydrogen) atoms. The number of pyridine rings is 1. The molecule has 1 amide bonds. The van der Waals surface area contributed by atoms with Gasteiger partial charge in [-0.05, 0) is 55.3 Å². The monoisotopic (exact) mass is 374 g/mol. The van der Waals surface area contributed by atoms with Crippen LogP contribution < -0.4 is 10.6 Å². The summed E-state index contributed by atoms with van der Waals surface area (Å²) >= 11 is 0. The number of hydrogen-bond acceptors (Lipinski definition) is 4. The first kappa shape index (κ1) is 17.9. The second kappa shape index (κ2) is 7.28. The number of fused-ring (bicyclic) bond motifs is 1. The number of hydrogen-bond donors (Lipinski definition) is 2. The van der Waals surface area contributed by atoms with Gasteiger partial charge in [-0.25, -0.2) is 4.39 Å². The smallest absolute Gasteiger partial charge is 0.244 e. The van der Waals surface area contributed by atoms with Gasteiger partial charge in [-0.15, -0.1) is 0 Å². The van der Waals surface area contributed by atoms with Crippen LogP contribution in [0.1, 0.15) is 25.7 Å². The molecule has 3 aromatic rings. The highest BCUT2D eigenvalue weighted by Gasteiger charge is 2.41. The van der Waals surface area contributed by atoms with Gasteiger partial charge in [-0.1, -0.05) is 12.8 Å². The summed E-state index contributed by atoms with van der Waals surface area (Å²) in [5.74, 6) is -0.548. The number of carbonyl (C=O) groups is 1. The van der Waals surface area contributed by atoms with E-state index in [1.165, 1.54) is 12.1 Å². The van der Waals surface area contributed by atoms with Crippen LogP contribution in [0.2, 0.25) is 0 Å². The van der Waals surface area contributed by atoms with E-state index in [9.17, 15) is 14.4 Å². The summed E-state index contributed by atoms with van der Waals surface area (Å²) in [6.07, 6.45) is 6.34. The van der Waals surface area contributed by atoms with Crippen molar-refractivity contribution in [2.24, 2.45) is 5.41 Å². The number of nitriles is 1. The summed E-state index contributed by atoms with van der Waals surface area (Å²) in [4.78, 5) is 17.0. The van der Waals surface area contributed by atoms with E-state index in [1.807, 2.05) is 12.1 Å². The van der Waals surface area contributed by atoms with Crippen molar-refractivity contribution in [3.05, 3.63) is 60.7 Å². The number of amides is 1. The molecule has 0 atom stereocenters. The summed E-state index contributed by atoms with van der Waals surface area (Å²) in [5.41, 5.74) is 1.25. The van der Waals surface area contributed by atoms with Gasteiger partial charge in [-0.3, -0.25) is 9.78 Å². The molecule has 1 fully saturated rings. The molecule has 1 heterocycles. The second-order valence-electron chi connectivity index (χ2n) is 7.07. The van der Waals surface area contributed by atoms with Crippen molar-refractivity contribution in [2.75, 3.05) is 10.6 Å². The Bertz CT molecular complexity index is 1070. The van der Waals surface area contributed by atoms with Crippen molar-refractivity contribution < 1.29 is 9.18 Å². The molecule has 0 saturated heterocycles. The maximum absolute atomic E-state index is 13.1. The van der Waals surface area contributed by atoms with Crippen molar-refractivity contribution >= 4 is 33.7 Å². The SMILES string of the molecule is N#CC1(C(=O)Nc2ccc(Nc3ccc(F)cc3)c3ccncc23)CCCC1. The van der Waals surface area contributed by atoms with Gasteiger partial charge in [0.2, 0.25) is 5.91 Å². The number of nitrogens with one attached hydrogen (secondary N) is 2. The molecule has 140 valence electrons.